The van der Waals surface area contributed by atoms with Crippen molar-refractivity contribution in [3.63, 3.8) is 0 Å². The maximum absolute atomic E-state index is 12.4. The van der Waals surface area contributed by atoms with Crippen LogP contribution >= 0.6 is 0 Å². The van der Waals surface area contributed by atoms with Crippen LogP contribution in [0, 0.1) is 23.2 Å². The van der Waals surface area contributed by atoms with Gasteiger partial charge in [0, 0.05) is 18.7 Å². The summed E-state index contributed by atoms with van der Waals surface area (Å²) in [6.07, 6.45) is 1.56. The Balaban J connectivity index is 2.09. The van der Waals surface area contributed by atoms with Crippen molar-refractivity contribution in [2.24, 2.45) is 11.8 Å². The lowest BCUT2D eigenvalue weighted by atomic mass is 10.0. The van der Waals surface area contributed by atoms with Crippen LogP contribution in [-0.4, -0.2) is 24.0 Å². The van der Waals surface area contributed by atoms with Gasteiger partial charge >= 0.3 is 5.97 Å². The van der Waals surface area contributed by atoms with E-state index in [1.165, 1.54) is 4.90 Å². The van der Waals surface area contributed by atoms with Crippen LogP contribution in [0.5, 0.6) is 0 Å². The summed E-state index contributed by atoms with van der Waals surface area (Å²) in [5.74, 6) is -1.56. The zero-order valence-corrected chi connectivity index (χ0v) is 11.2. The Morgan fingerprint density at radius 3 is 2.65 bits per heavy atom. The number of rotatable bonds is 3. The SMILES string of the molecule is CN(C(=O)[C@@H]1CC[C@H](C(=O)O)C1)c1cccc(C#N)c1. The van der Waals surface area contributed by atoms with E-state index in [1.807, 2.05) is 6.07 Å². The molecule has 20 heavy (non-hydrogen) atoms. The van der Waals surface area contributed by atoms with Gasteiger partial charge in [-0.05, 0) is 37.5 Å². The maximum Gasteiger partial charge on any atom is 0.306 e. The lowest BCUT2D eigenvalue weighted by Gasteiger charge is -2.21. The molecule has 1 saturated carbocycles. The Morgan fingerprint density at radius 1 is 1.35 bits per heavy atom. The molecule has 0 spiro atoms. The molecule has 0 aliphatic heterocycles. The Labute approximate surface area is 117 Å². The number of carboxylic acid groups (broad SMARTS) is 1. The highest BCUT2D eigenvalue weighted by molar-refractivity contribution is 5.95. The topological polar surface area (TPSA) is 81.4 Å². The van der Waals surface area contributed by atoms with E-state index in [-0.39, 0.29) is 11.8 Å². The van der Waals surface area contributed by atoms with Crippen LogP contribution in [-0.2, 0) is 9.59 Å². The van der Waals surface area contributed by atoms with Crippen molar-refractivity contribution in [1.82, 2.24) is 0 Å². The van der Waals surface area contributed by atoms with Gasteiger partial charge in [0.25, 0.3) is 0 Å². The second-order valence-electron chi connectivity index (χ2n) is 5.10. The number of anilines is 1. The monoisotopic (exact) mass is 272 g/mol. The van der Waals surface area contributed by atoms with E-state index in [4.69, 9.17) is 10.4 Å². The van der Waals surface area contributed by atoms with E-state index < -0.39 is 11.9 Å². The van der Waals surface area contributed by atoms with Crippen LogP contribution in [0.3, 0.4) is 0 Å². The van der Waals surface area contributed by atoms with Gasteiger partial charge in [0.1, 0.15) is 0 Å². The van der Waals surface area contributed by atoms with Gasteiger partial charge < -0.3 is 10.0 Å². The van der Waals surface area contributed by atoms with Crippen molar-refractivity contribution in [3.8, 4) is 6.07 Å². The number of nitrogens with zero attached hydrogens (tertiary/aromatic N) is 2. The molecule has 1 aromatic rings. The average molecular weight is 272 g/mol. The Hall–Kier alpha value is -2.35. The van der Waals surface area contributed by atoms with Gasteiger partial charge in [0.15, 0.2) is 0 Å². The fraction of sp³-hybridized carbons (Fsp3) is 0.400. The van der Waals surface area contributed by atoms with Crippen LogP contribution in [0.2, 0.25) is 0 Å². The predicted molar refractivity (Wildman–Crippen MR) is 73.0 cm³/mol. The number of carboxylic acids is 1. The molecule has 1 aromatic carbocycles. The fourth-order valence-electron chi connectivity index (χ4n) is 2.62. The van der Waals surface area contributed by atoms with Crippen LogP contribution in [0.15, 0.2) is 24.3 Å². The van der Waals surface area contributed by atoms with Gasteiger partial charge in [-0.25, -0.2) is 0 Å². The van der Waals surface area contributed by atoms with Gasteiger partial charge in [-0.2, -0.15) is 5.26 Å². The third-order valence-electron chi connectivity index (χ3n) is 3.82. The molecule has 1 aliphatic carbocycles. The first-order valence-electron chi connectivity index (χ1n) is 6.53. The summed E-state index contributed by atoms with van der Waals surface area (Å²) in [6, 6.07) is 8.86. The molecule has 0 unspecified atom stereocenters. The molecular weight excluding hydrogens is 256 g/mol. The maximum atomic E-state index is 12.4. The van der Waals surface area contributed by atoms with Crippen molar-refractivity contribution in [1.29, 1.82) is 5.26 Å². The van der Waals surface area contributed by atoms with E-state index in [1.54, 1.807) is 31.3 Å². The van der Waals surface area contributed by atoms with Crippen molar-refractivity contribution < 1.29 is 14.7 Å². The smallest absolute Gasteiger partial charge is 0.306 e. The number of hydrogen-bond donors (Lipinski definition) is 1. The average Bonchev–Trinajstić information content (AvgIpc) is 2.95. The number of carbonyl (C=O) groups excluding carboxylic acids is 1. The van der Waals surface area contributed by atoms with E-state index in [0.29, 0.717) is 30.5 Å². The molecule has 5 nitrogen and oxygen atoms in total. The summed E-state index contributed by atoms with van der Waals surface area (Å²) in [6.45, 7) is 0. The number of aliphatic carboxylic acids is 1. The van der Waals surface area contributed by atoms with E-state index in [9.17, 15) is 9.59 Å². The van der Waals surface area contributed by atoms with Gasteiger partial charge in [-0.3, -0.25) is 9.59 Å². The summed E-state index contributed by atoms with van der Waals surface area (Å²) in [5.41, 5.74) is 1.16. The van der Waals surface area contributed by atoms with Gasteiger partial charge in [-0.15, -0.1) is 0 Å². The zero-order valence-electron chi connectivity index (χ0n) is 11.2. The molecule has 2 atom stereocenters. The molecule has 0 bridgehead atoms. The van der Waals surface area contributed by atoms with Crippen molar-refractivity contribution in [2.45, 2.75) is 19.3 Å². The molecule has 1 fully saturated rings. The van der Waals surface area contributed by atoms with Crippen molar-refractivity contribution >= 4 is 17.6 Å². The quantitative estimate of drug-likeness (QED) is 0.912. The minimum Gasteiger partial charge on any atom is -0.481 e. The molecule has 2 rings (SSSR count). The van der Waals surface area contributed by atoms with E-state index >= 15 is 0 Å². The summed E-state index contributed by atoms with van der Waals surface area (Å²) < 4.78 is 0. The number of benzene rings is 1. The first-order chi connectivity index (χ1) is 9.52. The predicted octanol–water partition coefficient (Wildman–Crippen LogP) is 2.02. The summed E-state index contributed by atoms with van der Waals surface area (Å²) >= 11 is 0. The largest absolute Gasteiger partial charge is 0.481 e. The van der Waals surface area contributed by atoms with Crippen molar-refractivity contribution in [3.05, 3.63) is 29.8 Å². The third kappa shape index (κ3) is 2.80. The molecule has 0 aromatic heterocycles. The van der Waals surface area contributed by atoms with Crippen molar-refractivity contribution in [2.75, 3.05) is 11.9 Å². The molecule has 5 heteroatoms. The molecule has 1 amide bonds. The third-order valence-corrected chi connectivity index (χ3v) is 3.82. The number of nitriles is 1. The molecule has 0 saturated heterocycles. The molecule has 1 aliphatic rings. The normalized spacial score (nSPS) is 21.2. The van der Waals surface area contributed by atoms with Crippen LogP contribution < -0.4 is 4.90 Å². The minimum absolute atomic E-state index is 0.0798. The van der Waals surface area contributed by atoms with Gasteiger partial charge in [0.2, 0.25) is 5.91 Å². The van der Waals surface area contributed by atoms with Gasteiger partial charge in [0.05, 0.1) is 17.6 Å². The lowest BCUT2D eigenvalue weighted by molar-refractivity contribution is -0.141. The van der Waals surface area contributed by atoms with Crippen LogP contribution in [0.25, 0.3) is 0 Å². The molecule has 0 heterocycles. The number of amides is 1. The first kappa shape index (κ1) is 14.1. The Morgan fingerprint density at radius 2 is 2.05 bits per heavy atom. The first-order valence-corrected chi connectivity index (χ1v) is 6.53. The van der Waals surface area contributed by atoms with E-state index in [2.05, 4.69) is 0 Å². The highest BCUT2D eigenvalue weighted by Gasteiger charge is 2.35. The fourth-order valence-corrected chi connectivity index (χ4v) is 2.62. The Kier molecular flexibility index (Phi) is 4.04. The molecular formula is C15H16N2O3. The van der Waals surface area contributed by atoms with Gasteiger partial charge in [-0.1, -0.05) is 6.07 Å². The van der Waals surface area contributed by atoms with Crippen LogP contribution in [0.4, 0.5) is 5.69 Å². The minimum atomic E-state index is -0.825. The number of carbonyl (C=O) groups is 2. The summed E-state index contributed by atoms with van der Waals surface area (Å²) in [4.78, 5) is 24.8. The van der Waals surface area contributed by atoms with Crippen LogP contribution in [0.1, 0.15) is 24.8 Å². The summed E-state index contributed by atoms with van der Waals surface area (Å²) in [5, 5.41) is 17.8. The Bertz CT molecular complexity index is 577. The molecule has 0 radical (unpaired) electrons. The second kappa shape index (κ2) is 5.74. The standard InChI is InChI=1S/C15H16N2O3/c1-17(13-4-2-3-10(7-13)9-16)14(18)11-5-6-12(8-11)15(19)20/h2-4,7,11-12H,5-6,8H2,1H3,(H,19,20)/t11-,12+/m1/s1. The highest BCUT2D eigenvalue weighted by Crippen LogP contribution is 2.33. The molecule has 104 valence electrons. The van der Waals surface area contributed by atoms with E-state index in [0.717, 1.165) is 0 Å². The highest BCUT2D eigenvalue weighted by atomic mass is 16.4. The second-order valence-corrected chi connectivity index (χ2v) is 5.10. The number of hydrogen-bond acceptors (Lipinski definition) is 3. The molecule has 1 N–H and O–H groups in total. The lowest BCUT2D eigenvalue weighted by Crippen LogP contribution is -2.32. The summed E-state index contributed by atoms with van der Waals surface area (Å²) in [7, 11) is 1.66. The zero-order chi connectivity index (χ0) is 14.7.